The molecule has 0 heterocycles. The Morgan fingerprint density at radius 1 is 1.20 bits per heavy atom. The summed E-state index contributed by atoms with van der Waals surface area (Å²) in [6.45, 7) is 0.514. The zero-order valence-electron chi connectivity index (χ0n) is 11.5. The van der Waals surface area contributed by atoms with Crippen molar-refractivity contribution in [2.45, 2.75) is 25.7 Å². The van der Waals surface area contributed by atoms with Crippen LogP contribution in [0.4, 0.5) is 10.5 Å². The monoisotopic (exact) mass is 280 g/mol. The van der Waals surface area contributed by atoms with Crippen molar-refractivity contribution in [1.29, 1.82) is 0 Å². The highest BCUT2D eigenvalue weighted by molar-refractivity contribution is 5.90. The molecule has 0 atom stereocenters. The van der Waals surface area contributed by atoms with Gasteiger partial charge in [0.2, 0.25) is 0 Å². The van der Waals surface area contributed by atoms with E-state index in [2.05, 4.69) is 10.6 Å². The number of urea groups is 1. The van der Waals surface area contributed by atoms with Crippen molar-refractivity contribution in [3.8, 4) is 5.75 Å². The zero-order valence-corrected chi connectivity index (χ0v) is 11.5. The van der Waals surface area contributed by atoms with E-state index in [1.807, 2.05) is 12.1 Å². The maximum Gasteiger partial charge on any atom is 0.319 e. The molecule has 0 fully saturated rings. The third-order valence-electron chi connectivity index (χ3n) is 2.71. The number of unbranched alkanes of at least 4 members (excludes halogenated alkanes) is 2. The number of aliphatic carboxylic acids is 1. The zero-order chi connectivity index (χ0) is 14.8. The van der Waals surface area contributed by atoms with Crippen LogP contribution in [0.5, 0.6) is 5.75 Å². The largest absolute Gasteiger partial charge is 0.495 e. The number of carbonyl (C=O) groups is 2. The van der Waals surface area contributed by atoms with Crippen molar-refractivity contribution in [1.82, 2.24) is 5.32 Å². The number of hydrogen-bond acceptors (Lipinski definition) is 3. The Bertz CT molecular complexity index is 449. The van der Waals surface area contributed by atoms with E-state index in [1.165, 1.54) is 0 Å². The molecule has 0 saturated heterocycles. The van der Waals surface area contributed by atoms with E-state index in [4.69, 9.17) is 9.84 Å². The average Bonchev–Trinajstić information content (AvgIpc) is 2.43. The van der Waals surface area contributed by atoms with Gasteiger partial charge >= 0.3 is 12.0 Å². The number of amides is 2. The van der Waals surface area contributed by atoms with Crippen LogP contribution in [0, 0.1) is 0 Å². The van der Waals surface area contributed by atoms with Crippen molar-refractivity contribution in [2.75, 3.05) is 19.0 Å². The first-order valence-corrected chi connectivity index (χ1v) is 6.53. The minimum Gasteiger partial charge on any atom is -0.495 e. The number of para-hydroxylation sites is 2. The third-order valence-corrected chi connectivity index (χ3v) is 2.71. The lowest BCUT2D eigenvalue weighted by atomic mass is 10.2. The van der Waals surface area contributed by atoms with Crippen molar-refractivity contribution in [3.05, 3.63) is 24.3 Å². The van der Waals surface area contributed by atoms with Gasteiger partial charge in [0.1, 0.15) is 5.75 Å². The van der Waals surface area contributed by atoms with E-state index in [0.717, 1.165) is 12.8 Å². The maximum atomic E-state index is 11.6. The van der Waals surface area contributed by atoms with Crippen molar-refractivity contribution < 1.29 is 19.4 Å². The Balaban J connectivity index is 2.22. The van der Waals surface area contributed by atoms with Crippen LogP contribution in [0.25, 0.3) is 0 Å². The molecule has 6 heteroatoms. The normalized spacial score (nSPS) is 9.85. The molecule has 1 rings (SSSR count). The lowest BCUT2D eigenvalue weighted by Gasteiger charge is -2.10. The number of carboxylic acids is 1. The van der Waals surface area contributed by atoms with E-state index in [9.17, 15) is 9.59 Å². The van der Waals surface area contributed by atoms with Gasteiger partial charge in [-0.2, -0.15) is 0 Å². The molecule has 0 unspecified atom stereocenters. The highest BCUT2D eigenvalue weighted by atomic mass is 16.5. The molecule has 0 radical (unpaired) electrons. The van der Waals surface area contributed by atoms with Gasteiger partial charge in [0.25, 0.3) is 0 Å². The molecule has 1 aromatic rings. The number of hydrogen-bond donors (Lipinski definition) is 3. The SMILES string of the molecule is COc1ccccc1NC(=O)NCCCCCC(=O)O. The van der Waals surface area contributed by atoms with Gasteiger partial charge in [-0.25, -0.2) is 4.79 Å². The Morgan fingerprint density at radius 3 is 2.65 bits per heavy atom. The molecule has 20 heavy (non-hydrogen) atoms. The lowest BCUT2D eigenvalue weighted by Crippen LogP contribution is -2.29. The quantitative estimate of drug-likeness (QED) is 0.638. The standard InChI is InChI=1S/C14H20N2O4/c1-20-12-8-5-4-7-11(12)16-14(19)15-10-6-2-3-9-13(17)18/h4-5,7-8H,2-3,6,9-10H2,1H3,(H,17,18)(H2,15,16,19). The van der Waals surface area contributed by atoms with Gasteiger partial charge in [0.05, 0.1) is 12.8 Å². The van der Waals surface area contributed by atoms with Crippen molar-refractivity contribution >= 4 is 17.7 Å². The van der Waals surface area contributed by atoms with Crippen LogP contribution in [0.1, 0.15) is 25.7 Å². The van der Waals surface area contributed by atoms with Crippen molar-refractivity contribution in [3.63, 3.8) is 0 Å². The fraction of sp³-hybridized carbons (Fsp3) is 0.429. The minimum absolute atomic E-state index is 0.174. The smallest absolute Gasteiger partial charge is 0.319 e. The van der Waals surface area contributed by atoms with E-state index in [1.54, 1.807) is 19.2 Å². The first-order chi connectivity index (χ1) is 9.63. The van der Waals surface area contributed by atoms with Crippen LogP contribution < -0.4 is 15.4 Å². The summed E-state index contributed by atoms with van der Waals surface area (Å²) < 4.78 is 5.13. The number of ether oxygens (including phenoxy) is 1. The lowest BCUT2D eigenvalue weighted by molar-refractivity contribution is -0.137. The number of methoxy groups -OCH3 is 1. The molecule has 3 N–H and O–H groups in total. The predicted octanol–water partition coefficient (Wildman–Crippen LogP) is 2.46. The van der Waals surface area contributed by atoms with E-state index in [0.29, 0.717) is 24.4 Å². The van der Waals surface area contributed by atoms with E-state index >= 15 is 0 Å². The number of nitrogens with one attached hydrogen (secondary N) is 2. The molecule has 0 saturated carbocycles. The molecule has 0 bridgehead atoms. The molecule has 0 aromatic heterocycles. The van der Waals surface area contributed by atoms with Gasteiger partial charge in [0.15, 0.2) is 0 Å². The molecule has 1 aromatic carbocycles. The van der Waals surface area contributed by atoms with E-state index in [-0.39, 0.29) is 12.5 Å². The van der Waals surface area contributed by atoms with Gasteiger partial charge in [-0.15, -0.1) is 0 Å². The van der Waals surface area contributed by atoms with Crippen LogP contribution in [0.2, 0.25) is 0 Å². The summed E-state index contributed by atoms with van der Waals surface area (Å²) in [5.41, 5.74) is 0.610. The Hall–Kier alpha value is -2.24. The predicted molar refractivity (Wildman–Crippen MR) is 76.1 cm³/mol. The first kappa shape index (κ1) is 15.8. The molecule has 110 valence electrons. The fourth-order valence-electron chi connectivity index (χ4n) is 1.69. The number of carbonyl (C=O) groups excluding carboxylic acids is 1. The molecular weight excluding hydrogens is 260 g/mol. The number of carboxylic acid groups (broad SMARTS) is 1. The van der Waals surface area contributed by atoms with Gasteiger partial charge in [0, 0.05) is 13.0 Å². The Kier molecular flexibility index (Phi) is 6.95. The van der Waals surface area contributed by atoms with Crippen LogP contribution in [-0.4, -0.2) is 30.8 Å². The summed E-state index contributed by atoms with van der Waals surface area (Å²) in [5.74, 6) is -0.184. The molecule has 0 aliphatic rings. The topological polar surface area (TPSA) is 87.7 Å². The van der Waals surface area contributed by atoms with Crippen LogP contribution in [0.15, 0.2) is 24.3 Å². The number of anilines is 1. The summed E-state index contributed by atoms with van der Waals surface area (Å²) in [7, 11) is 1.54. The summed E-state index contributed by atoms with van der Waals surface area (Å²) in [5, 5.41) is 13.9. The molecule has 0 aliphatic heterocycles. The van der Waals surface area contributed by atoms with Gasteiger partial charge < -0.3 is 20.5 Å². The summed E-state index contributed by atoms with van der Waals surface area (Å²) in [6.07, 6.45) is 2.34. The van der Waals surface area contributed by atoms with Crippen molar-refractivity contribution in [2.24, 2.45) is 0 Å². The molecular formula is C14H20N2O4. The molecule has 6 nitrogen and oxygen atoms in total. The summed E-state index contributed by atoms with van der Waals surface area (Å²) in [4.78, 5) is 22.0. The van der Waals surface area contributed by atoms with Gasteiger partial charge in [-0.05, 0) is 25.0 Å². The summed E-state index contributed by atoms with van der Waals surface area (Å²) in [6, 6.07) is 6.86. The summed E-state index contributed by atoms with van der Waals surface area (Å²) >= 11 is 0. The second-order valence-corrected chi connectivity index (χ2v) is 4.29. The fourth-order valence-corrected chi connectivity index (χ4v) is 1.69. The molecule has 0 aliphatic carbocycles. The first-order valence-electron chi connectivity index (χ1n) is 6.53. The van der Waals surface area contributed by atoms with Crippen LogP contribution in [0.3, 0.4) is 0 Å². The molecule has 2 amide bonds. The second kappa shape index (κ2) is 8.79. The van der Waals surface area contributed by atoms with Crippen LogP contribution in [-0.2, 0) is 4.79 Å². The molecule has 0 spiro atoms. The Morgan fingerprint density at radius 2 is 1.95 bits per heavy atom. The highest BCUT2D eigenvalue weighted by Crippen LogP contribution is 2.22. The minimum atomic E-state index is -0.785. The second-order valence-electron chi connectivity index (χ2n) is 4.29. The van der Waals surface area contributed by atoms with Gasteiger partial charge in [-0.1, -0.05) is 18.6 Å². The highest BCUT2D eigenvalue weighted by Gasteiger charge is 2.05. The number of rotatable bonds is 8. The van der Waals surface area contributed by atoms with E-state index < -0.39 is 5.97 Å². The average molecular weight is 280 g/mol. The number of benzene rings is 1. The third kappa shape index (κ3) is 6.08. The Labute approximate surface area is 118 Å². The maximum absolute atomic E-state index is 11.6. The van der Waals surface area contributed by atoms with Crippen LogP contribution >= 0.6 is 0 Å². The van der Waals surface area contributed by atoms with Gasteiger partial charge in [-0.3, -0.25) is 4.79 Å².